The van der Waals surface area contributed by atoms with Crippen molar-refractivity contribution in [3.05, 3.63) is 29.4 Å². The zero-order chi connectivity index (χ0) is 12.3. The molecule has 2 rings (SSSR count). The molecule has 0 radical (unpaired) electrons. The summed E-state index contributed by atoms with van der Waals surface area (Å²) in [6.07, 6.45) is 1.80. The van der Waals surface area contributed by atoms with Crippen LogP contribution in [0.25, 0.3) is 0 Å². The molecule has 0 aliphatic rings. The van der Waals surface area contributed by atoms with Crippen LogP contribution in [0.4, 0.5) is 0 Å². The number of methoxy groups -OCH3 is 1. The monoisotopic (exact) mass is 237 g/mol. The van der Waals surface area contributed by atoms with Crippen LogP contribution in [0.1, 0.15) is 30.1 Å². The summed E-state index contributed by atoms with van der Waals surface area (Å²) in [5.41, 5.74) is 7.23. The van der Waals surface area contributed by atoms with Crippen LogP contribution in [0.5, 0.6) is 0 Å². The molecule has 17 heavy (non-hydrogen) atoms. The second-order valence-electron chi connectivity index (χ2n) is 3.85. The van der Waals surface area contributed by atoms with E-state index in [1.807, 2.05) is 13.0 Å². The minimum atomic E-state index is -0.120. The lowest BCUT2D eigenvalue weighted by Crippen LogP contribution is -2.05. The van der Waals surface area contributed by atoms with Gasteiger partial charge < -0.3 is 15.0 Å². The average molecular weight is 237 g/mol. The van der Waals surface area contributed by atoms with Crippen molar-refractivity contribution in [2.45, 2.75) is 26.1 Å². The molecule has 0 aliphatic heterocycles. The molecule has 0 fully saturated rings. The van der Waals surface area contributed by atoms with Gasteiger partial charge >= 0.3 is 0 Å². The molecule has 0 aromatic carbocycles. The first kappa shape index (κ1) is 11.7. The van der Waals surface area contributed by atoms with E-state index >= 15 is 0 Å². The number of hydrogen-bond acceptors (Lipinski definition) is 6. The third-order valence-electron chi connectivity index (χ3n) is 2.24. The predicted octanol–water partition coefficient (Wildman–Crippen LogP) is 0.480. The summed E-state index contributed by atoms with van der Waals surface area (Å²) in [6, 6.07) is 1.71. The Labute approximate surface area is 98.5 Å². The van der Waals surface area contributed by atoms with Crippen LogP contribution in [-0.4, -0.2) is 27.3 Å². The van der Waals surface area contributed by atoms with Gasteiger partial charge in [-0.15, -0.1) is 5.10 Å². The summed E-state index contributed by atoms with van der Waals surface area (Å²) in [4.78, 5) is 0. The Balaban J connectivity index is 2.03. The SMILES string of the molecule is COCc1cc(Cn2cc(C(C)N)nn2)no1. The summed E-state index contributed by atoms with van der Waals surface area (Å²) in [5.74, 6) is 0.690. The Morgan fingerprint density at radius 3 is 3.06 bits per heavy atom. The summed E-state index contributed by atoms with van der Waals surface area (Å²) < 4.78 is 11.7. The fourth-order valence-electron chi connectivity index (χ4n) is 1.41. The third-order valence-corrected chi connectivity index (χ3v) is 2.24. The minimum absolute atomic E-state index is 0.120. The molecular formula is C10H15N5O2. The van der Waals surface area contributed by atoms with Crippen molar-refractivity contribution in [2.24, 2.45) is 5.73 Å². The smallest absolute Gasteiger partial charge is 0.162 e. The van der Waals surface area contributed by atoms with E-state index in [2.05, 4.69) is 15.5 Å². The molecule has 0 saturated carbocycles. The number of nitrogens with zero attached hydrogens (tertiary/aromatic N) is 4. The number of aromatic nitrogens is 4. The van der Waals surface area contributed by atoms with E-state index in [1.54, 1.807) is 18.0 Å². The van der Waals surface area contributed by atoms with Gasteiger partial charge in [-0.1, -0.05) is 10.4 Å². The summed E-state index contributed by atoms with van der Waals surface area (Å²) in [6.45, 7) is 2.78. The van der Waals surface area contributed by atoms with E-state index in [9.17, 15) is 0 Å². The van der Waals surface area contributed by atoms with Crippen LogP contribution in [0.15, 0.2) is 16.8 Å². The van der Waals surface area contributed by atoms with Gasteiger partial charge in [0.05, 0.1) is 18.4 Å². The fraction of sp³-hybridized carbons (Fsp3) is 0.500. The van der Waals surface area contributed by atoms with Crippen molar-refractivity contribution >= 4 is 0 Å². The molecule has 0 spiro atoms. The van der Waals surface area contributed by atoms with Gasteiger partial charge in [-0.3, -0.25) is 0 Å². The summed E-state index contributed by atoms with van der Waals surface area (Å²) in [7, 11) is 1.61. The molecule has 1 unspecified atom stereocenters. The largest absolute Gasteiger partial charge is 0.377 e. The lowest BCUT2D eigenvalue weighted by Gasteiger charge is -1.96. The van der Waals surface area contributed by atoms with Gasteiger partial charge in [0.1, 0.15) is 12.3 Å². The van der Waals surface area contributed by atoms with Crippen LogP contribution in [0.2, 0.25) is 0 Å². The van der Waals surface area contributed by atoms with Gasteiger partial charge in [-0.05, 0) is 6.92 Å². The van der Waals surface area contributed by atoms with Crippen LogP contribution in [0, 0.1) is 0 Å². The van der Waals surface area contributed by atoms with E-state index < -0.39 is 0 Å². The van der Waals surface area contributed by atoms with E-state index in [4.69, 9.17) is 15.0 Å². The van der Waals surface area contributed by atoms with Crippen molar-refractivity contribution in [1.29, 1.82) is 0 Å². The molecule has 0 saturated heterocycles. The molecule has 7 nitrogen and oxygen atoms in total. The quantitative estimate of drug-likeness (QED) is 0.813. The zero-order valence-electron chi connectivity index (χ0n) is 9.83. The molecule has 7 heteroatoms. The van der Waals surface area contributed by atoms with Crippen LogP contribution in [-0.2, 0) is 17.9 Å². The molecular weight excluding hydrogens is 222 g/mol. The number of nitrogens with two attached hydrogens (primary N) is 1. The molecule has 0 amide bonds. The topological polar surface area (TPSA) is 92.0 Å². The van der Waals surface area contributed by atoms with Gasteiger partial charge in [0.15, 0.2) is 5.76 Å². The van der Waals surface area contributed by atoms with Crippen molar-refractivity contribution in [3.8, 4) is 0 Å². The van der Waals surface area contributed by atoms with Gasteiger partial charge in [-0.25, -0.2) is 4.68 Å². The van der Waals surface area contributed by atoms with E-state index in [1.165, 1.54) is 0 Å². The van der Waals surface area contributed by atoms with Crippen LogP contribution >= 0.6 is 0 Å². The maximum absolute atomic E-state index is 5.70. The lowest BCUT2D eigenvalue weighted by atomic mass is 10.3. The first-order valence-corrected chi connectivity index (χ1v) is 5.28. The molecule has 2 aromatic heterocycles. The molecule has 2 N–H and O–H groups in total. The zero-order valence-corrected chi connectivity index (χ0v) is 9.83. The predicted molar refractivity (Wildman–Crippen MR) is 58.9 cm³/mol. The molecule has 2 aromatic rings. The van der Waals surface area contributed by atoms with E-state index in [0.29, 0.717) is 18.9 Å². The maximum atomic E-state index is 5.70. The Morgan fingerprint density at radius 1 is 1.59 bits per heavy atom. The summed E-state index contributed by atoms with van der Waals surface area (Å²) in [5, 5.41) is 11.8. The first-order chi connectivity index (χ1) is 8.19. The van der Waals surface area contributed by atoms with E-state index in [-0.39, 0.29) is 6.04 Å². The highest BCUT2D eigenvalue weighted by atomic mass is 16.5. The highest BCUT2D eigenvalue weighted by Gasteiger charge is 2.08. The standard InChI is InChI=1S/C10H15N5O2/c1-7(11)10-5-15(14-12-10)4-8-3-9(6-16-2)17-13-8/h3,5,7H,4,6,11H2,1-2H3. The molecule has 1 atom stereocenters. The number of rotatable bonds is 5. The second kappa shape index (κ2) is 5.07. The number of hydrogen-bond donors (Lipinski definition) is 1. The minimum Gasteiger partial charge on any atom is -0.377 e. The van der Waals surface area contributed by atoms with Crippen molar-refractivity contribution in [2.75, 3.05) is 7.11 Å². The normalized spacial score (nSPS) is 12.9. The maximum Gasteiger partial charge on any atom is 0.162 e. The van der Waals surface area contributed by atoms with Crippen molar-refractivity contribution < 1.29 is 9.26 Å². The van der Waals surface area contributed by atoms with Gasteiger partial charge in [-0.2, -0.15) is 0 Å². The lowest BCUT2D eigenvalue weighted by molar-refractivity contribution is 0.155. The second-order valence-corrected chi connectivity index (χ2v) is 3.85. The number of ether oxygens (including phenoxy) is 1. The van der Waals surface area contributed by atoms with Gasteiger partial charge in [0, 0.05) is 19.2 Å². The molecule has 0 aliphatic carbocycles. The van der Waals surface area contributed by atoms with Crippen LogP contribution in [0.3, 0.4) is 0 Å². The Bertz CT molecular complexity index is 477. The third kappa shape index (κ3) is 2.89. The van der Waals surface area contributed by atoms with Crippen molar-refractivity contribution in [1.82, 2.24) is 20.2 Å². The molecule has 92 valence electrons. The Kier molecular flexibility index (Phi) is 3.50. The Hall–Kier alpha value is -1.73. The first-order valence-electron chi connectivity index (χ1n) is 5.28. The fourth-order valence-corrected chi connectivity index (χ4v) is 1.41. The molecule has 0 bridgehead atoms. The summed E-state index contributed by atoms with van der Waals surface area (Å²) >= 11 is 0. The van der Waals surface area contributed by atoms with Crippen molar-refractivity contribution in [3.63, 3.8) is 0 Å². The van der Waals surface area contributed by atoms with Gasteiger partial charge in [0.25, 0.3) is 0 Å². The average Bonchev–Trinajstić information content (AvgIpc) is 2.89. The van der Waals surface area contributed by atoms with E-state index in [0.717, 1.165) is 11.4 Å². The Morgan fingerprint density at radius 2 is 2.41 bits per heavy atom. The molecule has 2 heterocycles. The van der Waals surface area contributed by atoms with Crippen LogP contribution < -0.4 is 5.73 Å². The van der Waals surface area contributed by atoms with Gasteiger partial charge in [0.2, 0.25) is 0 Å². The highest BCUT2D eigenvalue weighted by molar-refractivity contribution is 5.06. The highest BCUT2D eigenvalue weighted by Crippen LogP contribution is 2.08.